The summed E-state index contributed by atoms with van der Waals surface area (Å²) in [6.07, 6.45) is 15.1. The molecule has 0 fully saturated rings. The summed E-state index contributed by atoms with van der Waals surface area (Å²) >= 11 is 0. The molecule has 6 aromatic rings. The highest BCUT2D eigenvalue weighted by Crippen LogP contribution is 2.17. The largest absolute Gasteiger partial charge is 0.304 e. The molecule has 0 saturated heterocycles. The van der Waals surface area contributed by atoms with E-state index in [-0.39, 0.29) is 0 Å². The van der Waals surface area contributed by atoms with Gasteiger partial charge in [0.05, 0.1) is 24.1 Å². The van der Waals surface area contributed by atoms with E-state index < -0.39 is 0 Å². The van der Waals surface area contributed by atoms with E-state index in [2.05, 4.69) is 20.1 Å². The Morgan fingerprint density at radius 3 is 2.81 bits per heavy atom. The Morgan fingerprint density at radius 2 is 1.85 bits per heavy atom. The number of nitrogens with zero attached hydrogens (tertiary/aromatic N) is 8. The van der Waals surface area contributed by atoms with Gasteiger partial charge in [0.25, 0.3) is 5.82 Å². The van der Waals surface area contributed by atoms with Crippen molar-refractivity contribution in [1.82, 2.24) is 33.4 Å². The van der Waals surface area contributed by atoms with Crippen LogP contribution in [0.4, 0.5) is 0 Å². The van der Waals surface area contributed by atoms with E-state index in [9.17, 15) is 0 Å². The van der Waals surface area contributed by atoms with Crippen LogP contribution in [0.5, 0.6) is 0 Å². The monoisotopic (exact) mass is 353 g/mol. The average Bonchev–Trinajstić information content (AvgIpc) is 3.42. The number of pyridine rings is 1. The van der Waals surface area contributed by atoms with Crippen molar-refractivity contribution >= 4 is 16.8 Å². The Hall–Kier alpha value is -4.07. The summed E-state index contributed by atoms with van der Waals surface area (Å²) < 4.78 is 7.73. The van der Waals surface area contributed by atoms with E-state index in [4.69, 9.17) is 0 Å². The summed E-state index contributed by atoms with van der Waals surface area (Å²) in [4.78, 5) is 13.4. The summed E-state index contributed by atoms with van der Waals surface area (Å²) in [6, 6.07) is 10.00. The van der Waals surface area contributed by atoms with Crippen LogP contribution in [0.15, 0.2) is 80.0 Å². The number of hydrogen-bond donors (Lipinski definition) is 0. The minimum Gasteiger partial charge on any atom is -0.304 e. The highest BCUT2D eigenvalue weighted by Gasteiger charge is 2.14. The van der Waals surface area contributed by atoms with Crippen molar-refractivity contribution in [1.29, 1.82) is 0 Å². The molecule has 6 heterocycles. The molecule has 0 bridgehead atoms. The smallest absolute Gasteiger partial charge is 0.293 e. The van der Waals surface area contributed by atoms with Crippen molar-refractivity contribution in [2.24, 2.45) is 0 Å². The molecule has 0 saturated carbocycles. The Kier molecular flexibility index (Phi) is 2.73. The summed E-state index contributed by atoms with van der Waals surface area (Å²) in [7, 11) is 0. The summed E-state index contributed by atoms with van der Waals surface area (Å²) in [5.41, 5.74) is 4.30. The van der Waals surface area contributed by atoms with Gasteiger partial charge in [-0.05, 0) is 17.2 Å². The highest BCUT2D eigenvalue weighted by atomic mass is 15.3. The first kappa shape index (κ1) is 14.1. The van der Waals surface area contributed by atoms with Crippen LogP contribution in [-0.4, -0.2) is 33.4 Å². The minimum atomic E-state index is 0.795. The van der Waals surface area contributed by atoms with Gasteiger partial charge in [0.15, 0.2) is 11.3 Å². The fraction of sp³-hybridized carbons (Fsp3) is 0. The molecule has 8 heteroatoms. The maximum Gasteiger partial charge on any atom is 0.293 e. The number of fused-ring (bicyclic) bond motifs is 3. The summed E-state index contributed by atoms with van der Waals surface area (Å²) in [5.74, 6) is 0.844. The first-order chi connectivity index (χ1) is 13.3. The fourth-order valence-corrected chi connectivity index (χ4v) is 3.21. The molecule has 0 unspecified atom stereocenters. The number of hydrogen-bond acceptors (Lipinski definition) is 4. The van der Waals surface area contributed by atoms with Gasteiger partial charge >= 0.3 is 0 Å². The summed E-state index contributed by atoms with van der Waals surface area (Å²) in [5, 5.41) is 4.61. The van der Waals surface area contributed by atoms with Gasteiger partial charge in [-0.3, -0.25) is 0 Å². The second kappa shape index (κ2) is 5.21. The number of imidazole rings is 2. The number of rotatable bonds is 2. The molecule has 6 aromatic heterocycles. The Balaban J connectivity index is 1.46. The van der Waals surface area contributed by atoms with Gasteiger partial charge in [-0.2, -0.15) is 4.52 Å². The normalized spacial score (nSPS) is 11.7. The molecular formula is C19H13N8+. The van der Waals surface area contributed by atoms with Crippen molar-refractivity contribution in [3.8, 4) is 17.2 Å². The van der Waals surface area contributed by atoms with Gasteiger partial charge in [-0.25, -0.2) is 23.9 Å². The van der Waals surface area contributed by atoms with E-state index in [1.807, 2.05) is 85.5 Å². The third kappa shape index (κ3) is 2.20. The maximum atomic E-state index is 4.68. The van der Waals surface area contributed by atoms with Crippen LogP contribution in [0.25, 0.3) is 34.0 Å². The molecule has 0 N–H and O–H groups in total. The van der Waals surface area contributed by atoms with Crippen molar-refractivity contribution in [2.45, 2.75) is 0 Å². The first-order valence-corrected chi connectivity index (χ1v) is 8.47. The maximum absolute atomic E-state index is 4.68. The van der Waals surface area contributed by atoms with E-state index in [0.29, 0.717) is 0 Å². The van der Waals surface area contributed by atoms with Gasteiger partial charge in [0, 0.05) is 36.9 Å². The van der Waals surface area contributed by atoms with Crippen LogP contribution in [0, 0.1) is 0 Å². The minimum absolute atomic E-state index is 0.795. The Bertz CT molecular complexity index is 1410. The lowest BCUT2D eigenvalue weighted by molar-refractivity contribution is -0.603. The van der Waals surface area contributed by atoms with E-state index in [1.165, 1.54) is 0 Å². The average molecular weight is 353 g/mol. The molecule has 6 rings (SSSR count). The van der Waals surface area contributed by atoms with Crippen LogP contribution < -0.4 is 4.57 Å². The second-order valence-corrected chi connectivity index (χ2v) is 6.27. The van der Waals surface area contributed by atoms with Crippen molar-refractivity contribution in [3.05, 3.63) is 80.0 Å². The molecule has 0 aromatic carbocycles. The quantitative estimate of drug-likeness (QED) is 0.446. The van der Waals surface area contributed by atoms with Crippen molar-refractivity contribution in [2.75, 3.05) is 0 Å². The zero-order valence-corrected chi connectivity index (χ0v) is 14.1. The van der Waals surface area contributed by atoms with Crippen LogP contribution in [0.3, 0.4) is 0 Å². The van der Waals surface area contributed by atoms with Gasteiger partial charge < -0.3 is 4.40 Å². The standard InChI is InChI=1S/C19H13N8/c1-2-6-27-14(3-1)9-18(23-27)25-7-4-17-22-16(12-26(17)13-25)15-11-24-8-5-20-19(24)10-21-15/h1-13H/q+1. The van der Waals surface area contributed by atoms with Gasteiger partial charge in [-0.15, -0.1) is 0 Å². The third-order valence-electron chi connectivity index (χ3n) is 4.56. The lowest BCUT2D eigenvalue weighted by Gasteiger charge is -1.96. The first-order valence-electron chi connectivity index (χ1n) is 8.47. The van der Waals surface area contributed by atoms with Gasteiger partial charge in [0.2, 0.25) is 6.33 Å². The van der Waals surface area contributed by atoms with Crippen LogP contribution in [-0.2, 0) is 0 Å². The molecule has 0 aliphatic heterocycles. The highest BCUT2D eigenvalue weighted by molar-refractivity contribution is 5.59. The van der Waals surface area contributed by atoms with Crippen LogP contribution in [0.2, 0.25) is 0 Å². The SMILES string of the molecule is c1ccn2nc(-[n+]3ccc4nc(-c5cn6ccnc6cn5)cn4c3)cc2c1. The molecule has 0 spiro atoms. The Labute approximate surface area is 152 Å². The lowest BCUT2D eigenvalue weighted by atomic mass is 10.3. The zero-order chi connectivity index (χ0) is 17.8. The molecule has 0 radical (unpaired) electrons. The van der Waals surface area contributed by atoms with Gasteiger partial charge in [0.1, 0.15) is 11.4 Å². The molecule has 0 aliphatic carbocycles. The summed E-state index contributed by atoms with van der Waals surface area (Å²) in [6.45, 7) is 0. The van der Waals surface area contributed by atoms with Crippen LogP contribution >= 0.6 is 0 Å². The molecule has 27 heavy (non-hydrogen) atoms. The predicted octanol–water partition coefficient (Wildman–Crippen LogP) is 1.97. The number of aromatic nitrogens is 8. The molecule has 8 nitrogen and oxygen atoms in total. The lowest BCUT2D eigenvalue weighted by Crippen LogP contribution is -2.31. The van der Waals surface area contributed by atoms with E-state index >= 15 is 0 Å². The van der Waals surface area contributed by atoms with Crippen molar-refractivity contribution in [3.63, 3.8) is 0 Å². The molecular weight excluding hydrogens is 340 g/mol. The predicted molar refractivity (Wildman–Crippen MR) is 97.5 cm³/mol. The zero-order valence-electron chi connectivity index (χ0n) is 14.1. The molecule has 0 amide bonds. The third-order valence-corrected chi connectivity index (χ3v) is 4.56. The molecule has 0 aliphatic rings. The van der Waals surface area contributed by atoms with Crippen LogP contribution in [0.1, 0.15) is 0 Å². The fourth-order valence-electron chi connectivity index (χ4n) is 3.21. The van der Waals surface area contributed by atoms with E-state index in [1.54, 1.807) is 12.4 Å². The second-order valence-electron chi connectivity index (χ2n) is 6.27. The van der Waals surface area contributed by atoms with Crippen molar-refractivity contribution < 1.29 is 4.57 Å². The molecule has 0 atom stereocenters. The Morgan fingerprint density at radius 1 is 0.889 bits per heavy atom. The topological polar surface area (TPSA) is 68.7 Å². The van der Waals surface area contributed by atoms with Gasteiger partial charge in [-0.1, -0.05) is 6.07 Å². The molecule has 128 valence electrons. The van der Waals surface area contributed by atoms with E-state index in [0.717, 1.165) is 34.0 Å².